The van der Waals surface area contributed by atoms with Gasteiger partial charge in [-0.1, -0.05) is 167 Å². The molecule has 11 aromatic carbocycles. The number of hydrogen-bond acceptors (Lipinski definition) is 2. The highest BCUT2D eigenvalue weighted by atomic mass is 16.5. The van der Waals surface area contributed by atoms with Gasteiger partial charge in [-0.25, -0.2) is 0 Å². The Kier molecular flexibility index (Phi) is 10.4. The standard InChI is InChI=1S/2C30H24O/c1-19(2)18-31-24-13-10-20(11-14-24)28-17-23-16-22-6-3-4-8-25(22)27-15-12-21-7-5-9-26(28)29(21)30(23)27;1-21(2)20-31-26-16-12-22(13-17-26)11-14-25-19-24-8-4-5-9-27(24)29-18-15-23-7-3-6-10-28(23)30(25)29/h3-17,19H,18H2,1-2H3;3-10,12-13,15-19,21H,20H2,1-2H3. The van der Waals surface area contributed by atoms with E-state index >= 15 is 0 Å². The van der Waals surface area contributed by atoms with Crippen molar-refractivity contribution in [2.75, 3.05) is 13.2 Å². The van der Waals surface area contributed by atoms with Crippen LogP contribution in [0.15, 0.2) is 182 Å². The molecule has 0 bridgehead atoms. The molecule has 0 fully saturated rings. The summed E-state index contributed by atoms with van der Waals surface area (Å²) in [6, 6.07) is 65.0. The van der Waals surface area contributed by atoms with Crippen LogP contribution in [-0.4, -0.2) is 13.2 Å². The minimum absolute atomic E-state index is 0.510. The Labute approximate surface area is 363 Å². The minimum Gasteiger partial charge on any atom is -0.493 e. The molecule has 62 heavy (non-hydrogen) atoms. The Morgan fingerprint density at radius 3 is 1.55 bits per heavy atom. The van der Waals surface area contributed by atoms with Gasteiger partial charge in [0.1, 0.15) is 11.5 Å². The van der Waals surface area contributed by atoms with Gasteiger partial charge in [0.15, 0.2) is 0 Å². The van der Waals surface area contributed by atoms with Gasteiger partial charge in [-0.05, 0) is 148 Å². The van der Waals surface area contributed by atoms with Gasteiger partial charge in [-0.3, -0.25) is 0 Å². The zero-order valence-electron chi connectivity index (χ0n) is 35.7. The van der Waals surface area contributed by atoms with Crippen LogP contribution >= 0.6 is 0 Å². The van der Waals surface area contributed by atoms with E-state index in [-0.39, 0.29) is 0 Å². The number of ether oxygens (including phenoxy) is 2. The minimum atomic E-state index is 0.510. The lowest BCUT2D eigenvalue weighted by Crippen LogP contribution is -2.04. The molecule has 0 spiro atoms. The first-order valence-electron chi connectivity index (χ1n) is 21.8. The summed E-state index contributed by atoms with van der Waals surface area (Å²) in [7, 11) is 0. The van der Waals surface area contributed by atoms with Crippen molar-refractivity contribution in [3.8, 4) is 34.5 Å². The predicted octanol–water partition coefficient (Wildman–Crippen LogP) is 16.0. The largest absolute Gasteiger partial charge is 0.493 e. The fourth-order valence-electron chi connectivity index (χ4n) is 8.83. The Balaban J connectivity index is 0.000000148. The van der Waals surface area contributed by atoms with Crippen LogP contribution in [0.1, 0.15) is 38.8 Å². The SMILES string of the molecule is CC(C)COc1ccc(-c2cc3cc4ccccc4c4ccc5cccc2c5c34)cc1.CC(C)COc1ccc(C#Cc2cc3ccccc3c3ccc4ccccc4c23)cc1. The molecule has 0 saturated carbocycles. The lowest BCUT2D eigenvalue weighted by Gasteiger charge is -2.17. The summed E-state index contributed by atoms with van der Waals surface area (Å²) < 4.78 is 11.7. The number of fused-ring (bicyclic) bond motifs is 7. The molecule has 0 unspecified atom stereocenters. The average Bonchev–Trinajstić information content (AvgIpc) is 3.31. The summed E-state index contributed by atoms with van der Waals surface area (Å²) in [5.41, 5.74) is 4.54. The fourth-order valence-corrected chi connectivity index (χ4v) is 8.83. The van der Waals surface area contributed by atoms with Crippen LogP contribution in [0.3, 0.4) is 0 Å². The van der Waals surface area contributed by atoms with Crippen LogP contribution < -0.4 is 9.47 Å². The molecule has 11 aromatic rings. The van der Waals surface area contributed by atoms with Crippen molar-refractivity contribution in [2.24, 2.45) is 11.8 Å². The summed E-state index contributed by atoms with van der Waals surface area (Å²) in [4.78, 5) is 0. The highest BCUT2D eigenvalue weighted by molar-refractivity contribution is 6.31. The molecule has 0 saturated heterocycles. The molecule has 0 aromatic heterocycles. The Morgan fingerprint density at radius 2 is 0.887 bits per heavy atom. The summed E-state index contributed by atoms with van der Waals surface area (Å²) in [5.74, 6) is 9.69. The van der Waals surface area contributed by atoms with Gasteiger partial charge in [0.2, 0.25) is 0 Å². The Hall–Kier alpha value is -7.34. The van der Waals surface area contributed by atoms with Crippen molar-refractivity contribution in [3.63, 3.8) is 0 Å². The van der Waals surface area contributed by atoms with E-state index in [4.69, 9.17) is 9.47 Å². The topological polar surface area (TPSA) is 18.5 Å². The average molecular weight is 801 g/mol. The van der Waals surface area contributed by atoms with E-state index in [0.717, 1.165) is 35.8 Å². The Morgan fingerprint density at radius 1 is 0.371 bits per heavy atom. The molecule has 2 nitrogen and oxygen atoms in total. The molecule has 0 heterocycles. The molecule has 0 aliphatic heterocycles. The van der Waals surface area contributed by atoms with Gasteiger partial charge < -0.3 is 9.47 Å². The first-order valence-corrected chi connectivity index (χ1v) is 21.8. The van der Waals surface area contributed by atoms with E-state index in [0.29, 0.717) is 11.8 Å². The normalized spacial score (nSPS) is 11.5. The second-order valence-electron chi connectivity index (χ2n) is 17.2. The maximum absolute atomic E-state index is 5.90. The van der Waals surface area contributed by atoms with E-state index in [2.05, 4.69) is 197 Å². The second kappa shape index (κ2) is 16.6. The molecular weight excluding hydrogens is 753 g/mol. The van der Waals surface area contributed by atoms with Crippen LogP contribution in [0.2, 0.25) is 0 Å². The number of benzene rings is 11. The van der Waals surface area contributed by atoms with Gasteiger partial charge in [-0.15, -0.1) is 0 Å². The summed E-state index contributed by atoms with van der Waals surface area (Å²) in [6.07, 6.45) is 0. The molecule has 0 amide bonds. The van der Waals surface area contributed by atoms with Crippen LogP contribution in [0, 0.1) is 23.7 Å². The van der Waals surface area contributed by atoms with Crippen molar-refractivity contribution in [1.29, 1.82) is 0 Å². The number of rotatable bonds is 7. The third-order valence-electron chi connectivity index (χ3n) is 11.8. The zero-order valence-corrected chi connectivity index (χ0v) is 35.7. The zero-order chi connectivity index (χ0) is 42.2. The summed E-state index contributed by atoms with van der Waals surface area (Å²) in [6.45, 7) is 10.1. The number of hydrogen-bond donors (Lipinski definition) is 0. The van der Waals surface area contributed by atoms with Gasteiger partial charge in [0, 0.05) is 16.5 Å². The van der Waals surface area contributed by atoms with E-state index < -0.39 is 0 Å². The lowest BCUT2D eigenvalue weighted by molar-refractivity contribution is 0.271. The maximum atomic E-state index is 5.90. The van der Waals surface area contributed by atoms with E-state index in [1.54, 1.807) is 0 Å². The first kappa shape index (κ1) is 38.8. The van der Waals surface area contributed by atoms with Crippen molar-refractivity contribution in [2.45, 2.75) is 27.7 Å². The molecular formula is C60H48O2. The monoisotopic (exact) mass is 800 g/mol. The van der Waals surface area contributed by atoms with Crippen LogP contribution in [0.25, 0.3) is 86.5 Å². The van der Waals surface area contributed by atoms with Gasteiger partial charge in [-0.2, -0.15) is 0 Å². The van der Waals surface area contributed by atoms with Crippen molar-refractivity contribution in [3.05, 3.63) is 193 Å². The highest BCUT2D eigenvalue weighted by Crippen LogP contribution is 2.43. The third-order valence-corrected chi connectivity index (χ3v) is 11.8. The fraction of sp³-hybridized carbons (Fsp3) is 0.133. The van der Waals surface area contributed by atoms with Crippen molar-refractivity contribution >= 4 is 75.4 Å². The third kappa shape index (κ3) is 7.53. The van der Waals surface area contributed by atoms with Crippen molar-refractivity contribution in [1.82, 2.24) is 0 Å². The van der Waals surface area contributed by atoms with Gasteiger partial charge in [0.05, 0.1) is 13.2 Å². The molecule has 0 aliphatic rings. The summed E-state index contributed by atoms with van der Waals surface area (Å²) in [5, 5.41) is 18.0. The van der Waals surface area contributed by atoms with E-state index in [1.807, 2.05) is 24.3 Å². The quantitative estimate of drug-likeness (QED) is 0.0908. The van der Waals surface area contributed by atoms with Crippen molar-refractivity contribution < 1.29 is 9.47 Å². The lowest BCUT2D eigenvalue weighted by atomic mass is 9.87. The molecule has 0 aliphatic carbocycles. The van der Waals surface area contributed by atoms with Crippen LogP contribution in [-0.2, 0) is 0 Å². The Bertz CT molecular complexity index is 3460. The smallest absolute Gasteiger partial charge is 0.119 e. The molecule has 2 heteroatoms. The van der Waals surface area contributed by atoms with Crippen LogP contribution in [0.4, 0.5) is 0 Å². The maximum Gasteiger partial charge on any atom is 0.119 e. The van der Waals surface area contributed by atoms with Gasteiger partial charge in [0.25, 0.3) is 0 Å². The molecule has 11 rings (SSSR count). The first-order chi connectivity index (χ1) is 30.4. The molecule has 0 N–H and O–H groups in total. The highest BCUT2D eigenvalue weighted by Gasteiger charge is 2.15. The van der Waals surface area contributed by atoms with E-state index in [9.17, 15) is 0 Å². The van der Waals surface area contributed by atoms with Crippen LogP contribution in [0.5, 0.6) is 11.5 Å². The van der Waals surface area contributed by atoms with Gasteiger partial charge >= 0.3 is 0 Å². The van der Waals surface area contributed by atoms with E-state index in [1.165, 1.54) is 86.5 Å². The molecule has 0 radical (unpaired) electrons. The second-order valence-corrected chi connectivity index (χ2v) is 17.2. The molecule has 300 valence electrons. The predicted molar refractivity (Wildman–Crippen MR) is 265 cm³/mol. The molecule has 0 atom stereocenters. The summed E-state index contributed by atoms with van der Waals surface area (Å²) >= 11 is 0.